The van der Waals surface area contributed by atoms with Crippen molar-refractivity contribution in [2.24, 2.45) is 7.05 Å². The highest BCUT2D eigenvalue weighted by Gasteiger charge is 2.33. The Bertz CT molecular complexity index is 1160. The van der Waals surface area contributed by atoms with Crippen LogP contribution in [0.25, 0.3) is 11.3 Å². The second kappa shape index (κ2) is 8.37. The summed E-state index contributed by atoms with van der Waals surface area (Å²) in [6.45, 7) is 1.98. The number of fused-ring (bicyclic) bond motifs is 1. The van der Waals surface area contributed by atoms with Gasteiger partial charge in [0.1, 0.15) is 12.2 Å². The Balaban J connectivity index is 1.39. The molecule has 2 aromatic carbocycles. The van der Waals surface area contributed by atoms with Crippen LogP contribution in [-0.4, -0.2) is 57.8 Å². The van der Waals surface area contributed by atoms with Crippen molar-refractivity contribution in [2.75, 3.05) is 26.4 Å². The molecule has 164 valence electrons. The first-order chi connectivity index (χ1) is 15.6. The molecule has 32 heavy (non-hydrogen) atoms. The molecule has 0 bridgehead atoms. The zero-order valence-electron chi connectivity index (χ0n) is 17.9. The first-order valence-electron chi connectivity index (χ1n) is 10.6. The summed E-state index contributed by atoms with van der Waals surface area (Å²) in [5, 5.41) is 4.53. The maximum absolute atomic E-state index is 13.4. The number of rotatable bonds is 4. The maximum Gasteiger partial charge on any atom is 0.259 e. The van der Waals surface area contributed by atoms with E-state index in [-0.39, 0.29) is 25.0 Å². The number of amides is 2. The molecule has 0 N–H and O–H groups in total. The molecule has 8 heteroatoms. The summed E-state index contributed by atoms with van der Waals surface area (Å²) in [6.07, 6.45) is 2.52. The number of hydrogen-bond acceptors (Lipinski definition) is 5. The van der Waals surface area contributed by atoms with Crippen LogP contribution in [0.2, 0.25) is 0 Å². The third-order valence-corrected chi connectivity index (χ3v) is 5.60. The van der Waals surface area contributed by atoms with Crippen LogP contribution in [0.4, 0.5) is 0 Å². The van der Waals surface area contributed by atoms with Gasteiger partial charge in [0.05, 0.1) is 25.4 Å². The van der Waals surface area contributed by atoms with Crippen molar-refractivity contribution in [3.8, 4) is 22.8 Å². The normalized spacial score (nSPS) is 15.7. The van der Waals surface area contributed by atoms with Crippen LogP contribution in [0.1, 0.15) is 22.3 Å². The second-order valence-electron chi connectivity index (χ2n) is 8.00. The number of carbonyl (C=O) groups excluding carboxylic acids is 2. The van der Waals surface area contributed by atoms with Gasteiger partial charge in [-0.1, -0.05) is 30.3 Å². The number of nitrogens with zero attached hydrogens (tertiary/aromatic N) is 4. The van der Waals surface area contributed by atoms with E-state index in [2.05, 4.69) is 5.10 Å². The molecule has 3 aromatic rings. The van der Waals surface area contributed by atoms with Gasteiger partial charge in [0, 0.05) is 31.8 Å². The van der Waals surface area contributed by atoms with E-state index >= 15 is 0 Å². The van der Waals surface area contributed by atoms with Crippen LogP contribution < -0.4 is 9.47 Å². The van der Waals surface area contributed by atoms with E-state index in [9.17, 15) is 9.59 Å². The fraction of sp³-hybridized carbons (Fsp3) is 0.292. The van der Waals surface area contributed by atoms with Crippen LogP contribution in [-0.2, 0) is 18.4 Å². The molecule has 1 aromatic heterocycles. The number of carbonyl (C=O) groups is 2. The van der Waals surface area contributed by atoms with Crippen molar-refractivity contribution in [3.63, 3.8) is 0 Å². The molecule has 2 amide bonds. The summed E-state index contributed by atoms with van der Waals surface area (Å²) in [4.78, 5) is 29.2. The minimum Gasteiger partial charge on any atom is -0.490 e. The average Bonchev–Trinajstić information content (AvgIpc) is 3.27. The van der Waals surface area contributed by atoms with Gasteiger partial charge in [-0.15, -0.1) is 0 Å². The first-order valence-corrected chi connectivity index (χ1v) is 10.6. The van der Waals surface area contributed by atoms with E-state index in [1.165, 1.54) is 0 Å². The molecule has 2 aliphatic rings. The van der Waals surface area contributed by atoms with Crippen molar-refractivity contribution in [2.45, 2.75) is 13.0 Å². The van der Waals surface area contributed by atoms with Crippen LogP contribution in [0.15, 0.2) is 54.7 Å². The van der Waals surface area contributed by atoms with Gasteiger partial charge in [0.15, 0.2) is 11.5 Å². The second-order valence-corrected chi connectivity index (χ2v) is 8.00. The quantitative estimate of drug-likeness (QED) is 0.634. The molecule has 0 radical (unpaired) electrons. The number of aryl methyl sites for hydroxylation is 1. The molecule has 0 aliphatic carbocycles. The minimum atomic E-state index is -0.218. The first kappa shape index (κ1) is 20.1. The summed E-state index contributed by atoms with van der Waals surface area (Å²) in [5.74, 6) is 1.05. The molecule has 1 saturated heterocycles. The molecule has 0 unspecified atom stereocenters. The van der Waals surface area contributed by atoms with E-state index in [1.54, 1.807) is 27.7 Å². The smallest absolute Gasteiger partial charge is 0.259 e. The predicted octanol–water partition coefficient (Wildman–Crippen LogP) is 2.69. The zero-order valence-corrected chi connectivity index (χ0v) is 17.9. The van der Waals surface area contributed by atoms with Gasteiger partial charge in [-0.05, 0) is 23.8 Å². The highest BCUT2D eigenvalue weighted by atomic mass is 16.5. The lowest BCUT2D eigenvalue weighted by Crippen LogP contribution is -2.31. The van der Waals surface area contributed by atoms with Crippen LogP contribution in [0.5, 0.6) is 11.5 Å². The molecule has 2 aliphatic heterocycles. The average molecular weight is 432 g/mol. The summed E-state index contributed by atoms with van der Waals surface area (Å²) in [6, 6.07) is 15.4. The summed E-state index contributed by atoms with van der Waals surface area (Å²) >= 11 is 0. The molecule has 1 fully saturated rings. The minimum absolute atomic E-state index is 0.0567. The topological polar surface area (TPSA) is 76.9 Å². The number of benzene rings is 2. The molecule has 8 nitrogen and oxygen atoms in total. The Morgan fingerprint density at radius 2 is 1.84 bits per heavy atom. The lowest BCUT2D eigenvalue weighted by molar-refractivity contribution is -0.127. The van der Waals surface area contributed by atoms with E-state index in [0.717, 1.165) is 17.5 Å². The molecule has 3 heterocycles. The molecule has 0 saturated carbocycles. The Morgan fingerprint density at radius 1 is 1.06 bits per heavy atom. The molecule has 5 rings (SSSR count). The fourth-order valence-electron chi connectivity index (χ4n) is 4.02. The monoisotopic (exact) mass is 432 g/mol. The highest BCUT2D eigenvalue weighted by Crippen LogP contribution is 2.35. The summed E-state index contributed by atoms with van der Waals surface area (Å²) < 4.78 is 13.1. The lowest BCUT2D eigenvalue weighted by Gasteiger charge is -2.18. The third kappa shape index (κ3) is 3.91. The van der Waals surface area contributed by atoms with Crippen molar-refractivity contribution in [1.82, 2.24) is 19.6 Å². The van der Waals surface area contributed by atoms with Gasteiger partial charge in [-0.3, -0.25) is 14.3 Å². The predicted molar refractivity (Wildman–Crippen MR) is 117 cm³/mol. The maximum atomic E-state index is 13.4. The lowest BCUT2D eigenvalue weighted by atomic mass is 10.1. The zero-order chi connectivity index (χ0) is 22.1. The molecule has 0 spiro atoms. The highest BCUT2D eigenvalue weighted by molar-refractivity contribution is 6.02. The fourth-order valence-corrected chi connectivity index (χ4v) is 4.02. The van der Waals surface area contributed by atoms with E-state index in [0.29, 0.717) is 42.5 Å². The Labute approximate surface area is 185 Å². The number of aromatic nitrogens is 2. The van der Waals surface area contributed by atoms with Crippen molar-refractivity contribution in [3.05, 3.63) is 65.9 Å². The summed E-state index contributed by atoms with van der Waals surface area (Å²) in [7, 11) is 1.78. The SMILES string of the molecule is Cn1cc(C(=O)N2CC(=O)N(Cc3ccccc3)C2)c(-c2ccc3c(c2)OCCCO3)n1. The van der Waals surface area contributed by atoms with Crippen molar-refractivity contribution in [1.29, 1.82) is 0 Å². The number of ether oxygens (including phenoxy) is 2. The Morgan fingerprint density at radius 3 is 2.66 bits per heavy atom. The number of hydrogen-bond donors (Lipinski definition) is 0. The third-order valence-electron chi connectivity index (χ3n) is 5.60. The Hall–Kier alpha value is -3.81. The van der Waals surface area contributed by atoms with Crippen LogP contribution in [0.3, 0.4) is 0 Å². The van der Waals surface area contributed by atoms with Crippen molar-refractivity contribution >= 4 is 11.8 Å². The van der Waals surface area contributed by atoms with Gasteiger partial charge in [0.25, 0.3) is 5.91 Å². The van der Waals surface area contributed by atoms with Crippen molar-refractivity contribution < 1.29 is 19.1 Å². The van der Waals surface area contributed by atoms with E-state index < -0.39 is 0 Å². The van der Waals surface area contributed by atoms with Crippen LogP contribution in [0, 0.1) is 0 Å². The van der Waals surface area contributed by atoms with E-state index in [1.807, 2.05) is 48.5 Å². The van der Waals surface area contributed by atoms with Gasteiger partial charge in [-0.2, -0.15) is 5.10 Å². The summed E-state index contributed by atoms with van der Waals surface area (Å²) in [5.41, 5.74) is 2.81. The van der Waals surface area contributed by atoms with Gasteiger partial charge in [-0.25, -0.2) is 0 Å². The molecular formula is C24H24N4O4. The van der Waals surface area contributed by atoms with Gasteiger partial charge >= 0.3 is 0 Å². The molecular weight excluding hydrogens is 408 g/mol. The Kier molecular flexibility index (Phi) is 5.26. The van der Waals surface area contributed by atoms with Gasteiger partial charge < -0.3 is 19.3 Å². The van der Waals surface area contributed by atoms with E-state index in [4.69, 9.17) is 9.47 Å². The van der Waals surface area contributed by atoms with Crippen LogP contribution >= 0.6 is 0 Å². The largest absolute Gasteiger partial charge is 0.490 e. The molecule has 0 atom stereocenters. The van der Waals surface area contributed by atoms with Gasteiger partial charge in [0.2, 0.25) is 5.91 Å². The standard InChI is InChI=1S/C24H24N4O4/c1-26-14-19(23(25-26)18-8-9-20-21(12-18)32-11-5-10-31-20)24(30)28-15-22(29)27(16-28)13-17-6-3-2-4-7-17/h2-4,6-9,12,14H,5,10-11,13,15-16H2,1H3.